The molecule has 0 spiro atoms. The van der Waals surface area contributed by atoms with E-state index < -0.39 is 0 Å². The van der Waals surface area contributed by atoms with Crippen molar-refractivity contribution in [1.29, 1.82) is 0 Å². The van der Waals surface area contributed by atoms with E-state index in [0.717, 1.165) is 35.5 Å². The van der Waals surface area contributed by atoms with Crippen LogP contribution in [0.25, 0.3) is 11.3 Å². The van der Waals surface area contributed by atoms with Gasteiger partial charge in [-0.3, -0.25) is 0 Å². The molecule has 0 amide bonds. The Bertz CT molecular complexity index is 632. The third kappa shape index (κ3) is 2.69. The molecule has 0 aliphatic carbocycles. The summed E-state index contributed by atoms with van der Waals surface area (Å²) in [4.78, 5) is 2.02. The van der Waals surface area contributed by atoms with Crippen LogP contribution in [0.4, 0.5) is 5.82 Å². The van der Waals surface area contributed by atoms with Crippen molar-refractivity contribution in [3.63, 3.8) is 0 Å². The molecule has 0 bridgehead atoms. The van der Waals surface area contributed by atoms with Crippen LogP contribution in [0.2, 0.25) is 0 Å². The fraction of sp³-hybridized carbons (Fsp3) is 0.375. The molecule has 2 aromatic rings. The molecule has 0 saturated carbocycles. The summed E-state index contributed by atoms with van der Waals surface area (Å²) in [5.41, 5.74) is 3.38. The predicted octanol–water partition coefficient (Wildman–Crippen LogP) is 2.04. The molecular weight excluding hydrogens is 266 g/mol. The molecule has 1 aliphatic rings. The van der Waals surface area contributed by atoms with Gasteiger partial charge >= 0.3 is 0 Å². The minimum atomic E-state index is -0.283. The van der Waals surface area contributed by atoms with E-state index >= 15 is 0 Å². The Morgan fingerprint density at radius 2 is 2.00 bits per heavy atom. The number of rotatable bonds is 2. The maximum absolute atomic E-state index is 10.1. The molecule has 1 fully saturated rings. The summed E-state index contributed by atoms with van der Waals surface area (Å²) in [5, 5.41) is 28.2. The van der Waals surface area contributed by atoms with Crippen molar-refractivity contribution in [2.75, 3.05) is 18.0 Å². The summed E-state index contributed by atoms with van der Waals surface area (Å²) in [7, 11) is 0. The Kier molecular flexibility index (Phi) is 3.51. The van der Waals surface area contributed by atoms with Gasteiger partial charge in [0.1, 0.15) is 5.75 Å². The highest BCUT2D eigenvalue weighted by molar-refractivity contribution is 5.71. The number of nitrogens with zero attached hydrogens (tertiary/aromatic N) is 3. The highest BCUT2D eigenvalue weighted by Gasteiger charge is 2.21. The van der Waals surface area contributed by atoms with Gasteiger partial charge in [-0.1, -0.05) is 6.07 Å². The largest absolute Gasteiger partial charge is 0.507 e. The second-order valence-corrected chi connectivity index (χ2v) is 5.64. The second-order valence-electron chi connectivity index (χ2n) is 5.64. The Labute approximate surface area is 123 Å². The quantitative estimate of drug-likeness (QED) is 0.883. The maximum atomic E-state index is 10.1. The van der Waals surface area contributed by atoms with Gasteiger partial charge in [0.2, 0.25) is 0 Å². The normalized spacial score (nSPS) is 18.2. The Morgan fingerprint density at radius 3 is 2.57 bits per heavy atom. The van der Waals surface area contributed by atoms with Gasteiger partial charge in [-0.15, -0.1) is 10.2 Å². The number of benzene rings is 1. The van der Waals surface area contributed by atoms with E-state index in [0.29, 0.717) is 12.2 Å². The molecule has 3 rings (SSSR count). The fourth-order valence-corrected chi connectivity index (χ4v) is 2.86. The molecule has 5 heteroatoms. The van der Waals surface area contributed by atoms with Crippen LogP contribution >= 0.6 is 0 Å². The number of aliphatic hydroxyl groups is 1. The van der Waals surface area contributed by atoms with E-state index in [4.69, 9.17) is 0 Å². The lowest BCUT2D eigenvalue weighted by atomic mass is 10.0. The van der Waals surface area contributed by atoms with Crippen LogP contribution in [0.1, 0.15) is 17.5 Å². The Hall–Kier alpha value is -2.14. The molecule has 1 atom stereocenters. The average Bonchev–Trinajstić information content (AvgIpc) is 2.85. The zero-order chi connectivity index (χ0) is 15.0. The van der Waals surface area contributed by atoms with E-state index in [1.165, 1.54) is 0 Å². The SMILES string of the molecule is Cc1cc(C)c(-c2ccc(N3CC[C@H](O)C3)nn2)c(O)c1. The average molecular weight is 285 g/mol. The molecule has 0 unspecified atom stereocenters. The first-order valence-corrected chi connectivity index (χ1v) is 7.12. The summed E-state index contributed by atoms with van der Waals surface area (Å²) < 4.78 is 0. The number of aromatic nitrogens is 2. The van der Waals surface area contributed by atoms with Gasteiger partial charge in [0, 0.05) is 18.7 Å². The number of anilines is 1. The van der Waals surface area contributed by atoms with Crippen molar-refractivity contribution < 1.29 is 10.2 Å². The standard InChI is InChI=1S/C16H19N3O2/c1-10-7-11(2)16(14(21)8-10)13-3-4-15(18-17-13)19-6-5-12(20)9-19/h3-4,7-8,12,20-21H,5-6,9H2,1-2H3/t12-/m0/s1. The molecule has 2 N–H and O–H groups in total. The van der Waals surface area contributed by atoms with Crippen LogP contribution in [0.15, 0.2) is 24.3 Å². The number of hydrogen-bond donors (Lipinski definition) is 2. The zero-order valence-corrected chi connectivity index (χ0v) is 12.2. The summed E-state index contributed by atoms with van der Waals surface area (Å²) in [6.45, 7) is 5.30. The molecule has 1 aromatic carbocycles. The summed E-state index contributed by atoms with van der Waals surface area (Å²) in [5.74, 6) is 0.991. The van der Waals surface area contributed by atoms with Gasteiger partial charge in [0.05, 0.1) is 11.8 Å². The Morgan fingerprint density at radius 1 is 1.19 bits per heavy atom. The third-order valence-corrected chi connectivity index (χ3v) is 3.85. The number of aryl methyl sites for hydroxylation is 2. The number of aromatic hydroxyl groups is 1. The van der Waals surface area contributed by atoms with Crippen molar-refractivity contribution >= 4 is 5.82 Å². The van der Waals surface area contributed by atoms with E-state index in [2.05, 4.69) is 10.2 Å². The van der Waals surface area contributed by atoms with Crippen molar-refractivity contribution in [2.24, 2.45) is 0 Å². The minimum absolute atomic E-state index is 0.228. The van der Waals surface area contributed by atoms with Crippen LogP contribution < -0.4 is 4.90 Å². The lowest BCUT2D eigenvalue weighted by molar-refractivity contribution is 0.198. The number of aliphatic hydroxyl groups excluding tert-OH is 1. The Balaban J connectivity index is 1.91. The molecule has 1 aliphatic heterocycles. The molecule has 110 valence electrons. The summed E-state index contributed by atoms with van der Waals surface area (Å²) >= 11 is 0. The molecule has 1 aromatic heterocycles. The van der Waals surface area contributed by atoms with Gasteiger partial charge in [0.15, 0.2) is 5.82 Å². The first-order valence-electron chi connectivity index (χ1n) is 7.12. The third-order valence-electron chi connectivity index (χ3n) is 3.85. The summed E-state index contributed by atoms with van der Waals surface area (Å²) in [6, 6.07) is 7.50. The van der Waals surface area contributed by atoms with Gasteiger partial charge < -0.3 is 15.1 Å². The monoisotopic (exact) mass is 285 g/mol. The maximum Gasteiger partial charge on any atom is 0.151 e. The molecule has 5 nitrogen and oxygen atoms in total. The fourth-order valence-electron chi connectivity index (χ4n) is 2.86. The highest BCUT2D eigenvalue weighted by atomic mass is 16.3. The van der Waals surface area contributed by atoms with E-state index in [1.54, 1.807) is 6.07 Å². The van der Waals surface area contributed by atoms with Crippen LogP contribution in [-0.2, 0) is 0 Å². The molecule has 0 radical (unpaired) electrons. The predicted molar refractivity (Wildman–Crippen MR) is 81.4 cm³/mol. The number of hydrogen-bond acceptors (Lipinski definition) is 5. The first kappa shape index (κ1) is 13.8. The van der Waals surface area contributed by atoms with Crippen LogP contribution in [0, 0.1) is 13.8 Å². The van der Waals surface area contributed by atoms with E-state index in [-0.39, 0.29) is 11.9 Å². The number of β-amino-alcohol motifs (C(OH)–C–C–N with tert-alkyl or cyclic N) is 1. The smallest absolute Gasteiger partial charge is 0.151 e. The van der Waals surface area contributed by atoms with Gasteiger partial charge in [-0.2, -0.15) is 0 Å². The molecular formula is C16H19N3O2. The zero-order valence-electron chi connectivity index (χ0n) is 12.2. The van der Waals surface area contributed by atoms with Crippen LogP contribution in [0.5, 0.6) is 5.75 Å². The van der Waals surface area contributed by atoms with E-state index in [1.807, 2.05) is 36.9 Å². The van der Waals surface area contributed by atoms with E-state index in [9.17, 15) is 10.2 Å². The van der Waals surface area contributed by atoms with Crippen molar-refractivity contribution in [2.45, 2.75) is 26.4 Å². The first-order chi connectivity index (χ1) is 10.0. The lowest BCUT2D eigenvalue weighted by Crippen LogP contribution is -2.22. The van der Waals surface area contributed by atoms with Gasteiger partial charge in [-0.25, -0.2) is 0 Å². The van der Waals surface area contributed by atoms with Gasteiger partial charge in [-0.05, 0) is 49.6 Å². The molecule has 21 heavy (non-hydrogen) atoms. The highest BCUT2D eigenvalue weighted by Crippen LogP contribution is 2.32. The number of phenols is 1. The molecule has 2 heterocycles. The van der Waals surface area contributed by atoms with Crippen LogP contribution in [-0.4, -0.2) is 39.6 Å². The number of phenolic OH excluding ortho intramolecular Hbond substituents is 1. The molecule has 1 saturated heterocycles. The van der Waals surface area contributed by atoms with Crippen molar-refractivity contribution in [1.82, 2.24) is 10.2 Å². The second kappa shape index (κ2) is 5.33. The van der Waals surface area contributed by atoms with Crippen molar-refractivity contribution in [3.05, 3.63) is 35.4 Å². The minimum Gasteiger partial charge on any atom is -0.507 e. The van der Waals surface area contributed by atoms with Crippen molar-refractivity contribution in [3.8, 4) is 17.0 Å². The lowest BCUT2D eigenvalue weighted by Gasteiger charge is -2.16. The van der Waals surface area contributed by atoms with Gasteiger partial charge in [0.25, 0.3) is 0 Å². The van der Waals surface area contributed by atoms with Crippen LogP contribution in [0.3, 0.4) is 0 Å². The topological polar surface area (TPSA) is 69.5 Å². The summed E-state index contributed by atoms with van der Waals surface area (Å²) in [6.07, 6.45) is 0.483.